The van der Waals surface area contributed by atoms with Gasteiger partial charge in [0, 0.05) is 17.9 Å². The molecule has 0 atom stereocenters. The Bertz CT molecular complexity index is 321. The molecule has 0 unspecified atom stereocenters. The number of hydrogen-bond donors (Lipinski definition) is 1. The van der Waals surface area contributed by atoms with Crippen molar-refractivity contribution in [2.45, 2.75) is 38.1 Å². The molecule has 0 radical (unpaired) electrons. The van der Waals surface area contributed by atoms with Crippen LogP contribution in [0.3, 0.4) is 0 Å². The fourth-order valence-electron chi connectivity index (χ4n) is 2.17. The first-order valence-electron chi connectivity index (χ1n) is 5.47. The monoisotopic (exact) mass is 269 g/mol. The molecule has 15 heavy (non-hydrogen) atoms. The Labute approximate surface area is 98.6 Å². The largest absolute Gasteiger partial charge is 0.328 e. The normalized spacial score (nSPS) is 26.5. The summed E-state index contributed by atoms with van der Waals surface area (Å²) in [5.41, 5.74) is 7.02. The van der Waals surface area contributed by atoms with E-state index in [9.17, 15) is 0 Å². The Hall–Kier alpha value is -0.480. The van der Waals surface area contributed by atoms with Gasteiger partial charge < -0.3 is 5.73 Å². The second kappa shape index (κ2) is 5.03. The second-order valence-corrected chi connectivity index (χ2v) is 5.01. The maximum Gasteiger partial charge on any atom is 0.196 e. The summed E-state index contributed by atoms with van der Waals surface area (Å²) >= 11 is 3.29. The van der Waals surface area contributed by atoms with Gasteiger partial charge in [0.25, 0.3) is 0 Å². The van der Waals surface area contributed by atoms with Gasteiger partial charge in [-0.1, -0.05) is 0 Å². The first-order chi connectivity index (χ1) is 7.24. The molecule has 0 aromatic carbocycles. The Morgan fingerprint density at radius 2 is 2.07 bits per heavy atom. The van der Waals surface area contributed by atoms with Crippen LogP contribution in [0.15, 0.2) is 17.0 Å². The van der Waals surface area contributed by atoms with Gasteiger partial charge in [0.2, 0.25) is 0 Å². The average Bonchev–Trinajstić information content (AvgIpc) is 2.22. The molecule has 2 rings (SSSR count). The highest BCUT2D eigenvalue weighted by Gasteiger charge is 2.19. The Kier molecular flexibility index (Phi) is 3.70. The molecule has 0 bridgehead atoms. The topological polar surface area (TPSA) is 51.8 Å². The van der Waals surface area contributed by atoms with Crippen LogP contribution in [0.5, 0.6) is 0 Å². The van der Waals surface area contributed by atoms with Gasteiger partial charge in [0.1, 0.15) is 0 Å². The third-order valence-corrected chi connectivity index (χ3v) is 3.46. The molecular weight excluding hydrogens is 254 g/mol. The van der Waals surface area contributed by atoms with E-state index in [1.54, 1.807) is 6.20 Å². The number of halogens is 1. The van der Waals surface area contributed by atoms with Crippen LogP contribution in [0.25, 0.3) is 0 Å². The van der Waals surface area contributed by atoms with Gasteiger partial charge in [-0.15, -0.1) is 0 Å². The van der Waals surface area contributed by atoms with E-state index in [0.717, 1.165) is 30.9 Å². The van der Waals surface area contributed by atoms with Gasteiger partial charge in [-0.05, 0) is 60.0 Å². The molecule has 4 heteroatoms. The summed E-state index contributed by atoms with van der Waals surface area (Å²) in [6.45, 7) is 0. The molecular formula is C11H16BrN3. The number of aromatic nitrogens is 2. The Morgan fingerprint density at radius 1 is 1.33 bits per heavy atom. The molecule has 1 fully saturated rings. The summed E-state index contributed by atoms with van der Waals surface area (Å²) in [6, 6.07) is 2.43. The van der Waals surface area contributed by atoms with Gasteiger partial charge in [0.15, 0.2) is 4.73 Å². The van der Waals surface area contributed by atoms with Crippen molar-refractivity contribution < 1.29 is 0 Å². The molecule has 2 N–H and O–H groups in total. The molecule has 1 aliphatic carbocycles. The lowest BCUT2D eigenvalue weighted by Gasteiger charge is -2.25. The van der Waals surface area contributed by atoms with E-state index in [1.165, 1.54) is 12.8 Å². The van der Waals surface area contributed by atoms with E-state index >= 15 is 0 Å². The first-order valence-corrected chi connectivity index (χ1v) is 6.26. The Morgan fingerprint density at radius 3 is 2.73 bits per heavy atom. The summed E-state index contributed by atoms with van der Waals surface area (Å²) < 4.78 is 0.688. The van der Waals surface area contributed by atoms with Crippen LogP contribution in [-0.2, 0) is 6.42 Å². The van der Waals surface area contributed by atoms with Crippen molar-refractivity contribution in [1.29, 1.82) is 0 Å². The van der Waals surface area contributed by atoms with E-state index < -0.39 is 0 Å². The minimum atomic E-state index is 0.429. The van der Waals surface area contributed by atoms with Gasteiger partial charge in [-0.3, -0.25) is 0 Å². The smallest absolute Gasteiger partial charge is 0.196 e. The van der Waals surface area contributed by atoms with Gasteiger partial charge >= 0.3 is 0 Å². The lowest BCUT2D eigenvalue weighted by atomic mass is 9.84. The third kappa shape index (κ3) is 3.24. The van der Waals surface area contributed by atoms with Gasteiger partial charge in [-0.2, -0.15) is 0 Å². The van der Waals surface area contributed by atoms with E-state index in [-0.39, 0.29) is 0 Å². The van der Waals surface area contributed by atoms with Gasteiger partial charge in [0.05, 0.1) is 0 Å². The molecule has 0 spiro atoms. The molecule has 82 valence electrons. The fraction of sp³-hybridized carbons (Fsp3) is 0.636. The highest BCUT2D eigenvalue weighted by atomic mass is 79.9. The van der Waals surface area contributed by atoms with Crippen molar-refractivity contribution in [3.8, 4) is 0 Å². The van der Waals surface area contributed by atoms with Crippen LogP contribution in [0, 0.1) is 5.92 Å². The SMILES string of the molecule is NC1CCC(Cc2ccnc(Br)n2)CC1. The molecule has 0 aliphatic heterocycles. The highest BCUT2D eigenvalue weighted by molar-refractivity contribution is 9.10. The van der Waals surface area contributed by atoms with E-state index in [1.807, 2.05) is 6.07 Å². The zero-order valence-corrected chi connectivity index (χ0v) is 10.3. The quantitative estimate of drug-likeness (QED) is 0.839. The zero-order valence-electron chi connectivity index (χ0n) is 8.69. The number of nitrogens with two attached hydrogens (primary N) is 1. The summed E-state index contributed by atoms with van der Waals surface area (Å²) in [5, 5.41) is 0. The van der Waals surface area contributed by atoms with E-state index in [0.29, 0.717) is 10.8 Å². The fourth-order valence-corrected chi connectivity index (χ4v) is 2.52. The van der Waals surface area contributed by atoms with Crippen molar-refractivity contribution in [2.24, 2.45) is 11.7 Å². The van der Waals surface area contributed by atoms with Gasteiger partial charge in [-0.25, -0.2) is 9.97 Å². The maximum atomic E-state index is 5.88. The summed E-state index contributed by atoms with van der Waals surface area (Å²) in [5.74, 6) is 0.756. The molecule has 3 nitrogen and oxygen atoms in total. The molecule has 0 saturated heterocycles. The highest BCUT2D eigenvalue weighted by Crippen LogP contribution is 2.25. The van der Waals surface area contributed by atoms with Crippen molar-refractivity contribution in [3.63, 3.8) is 0 Å². The molecule has 1 saturated carbocycles. The summed E-state index contributed by atoms with van der Waals surface area (Å²) in [7, 11) is 0. The second-order valence-electron chi connectivity index (χ2n) is 4.30. The van der Waals surface area contributed by atoms with Crippen LogP contribution in [0.2, 0.25) is 0 Å². The summed E-state index contributed by atoms with van der Waals surface area (Å²) in [6.07, 6.45) is 7.67. The van der Waals surface area contributed by atoms with Crippen LogP contribution >= 0.6 is 15.9 Å². The van der Waals surface area contributed by atoms with Crippen molar-refractivity contribution >= 4 is 15.9 Å². The first kappa shape index (κ1) is 11.0. The minimum Gasteiger partial charge on any atom is -0.328 e. The van der Waals surface area contributed by atoms with Crippen molar-refractivity contribution in [1.82, 2.24) is 9.97 Å². The van der Waals surface area contributed by atoms with Crippen molar-refractivity contribution in [2.75, 3.05) is 0 Å². The minimum absolute atomic E-state index is 0.429. The Balaban J connectivity index is 1.92. The third-order valence-electron chi connectivity index (χ3n) is 3.07. The molecule has 1 aromatic rings. The van der Waals surface area contributed by atoms with Crippen LogP contribution in [0.1, 0.15) is 31.4 Å². The number of nitrogens with zero attached hydrogens (tertiary/aromatic N) is 2. The van der Waals surface area contributed by atoms with Crippen LogP contribution in [-0.4, -0.2) is 16.0 Å². The molecule has 0 amide bonds. The van der Waals surface area contributed by atoms with E-state index in [2.05, 4.69) is 25.9 Å². The molecule has 1 aliphatic rings. The predicted molar refractivity (Wildman–Crippen MR) is 63.4 cm³/mol. The number of hydrogen-bond acceptors (Lipinski definition) is 3. The van der Waals surface area contributed by atoms with Crippen LogP contribution < -0.4 is 5.73 Å². The molecule has 1 heterocycles. The lowest BCUT2D eigenvalue weighted by Crippen LogP contribution is -2.27. The van der Waals surface area contributed by atoms with Crippen molar-refractivity contribution in [3.05, 3.63) is 22.7 Å². The maximum absolute atomic E-state index is 5.88. The van der Waals surface area contributed by atoms with E-state index in [4.69, 9.17) is 5.73 Å². The molecule has 1 aromatic heterocycles. The zero-order chi connectivity index (χ0) is 10.7. The average molecular weight is 270 g/mol. The van der Waals surface area contributed by atoms with Crippen LogP contribution in [0.4, 0.5) is 0 Å². The lowest BCUT2D eigenvalue weighted by molar-refractivity contribution is 0.323. The standard InChI is InChI=1S/C11H16BrN3/c12-11-14-6-5-10(15-11)7-8-1-3-9(13)4-2-8/h5-6,8-9H,1-4,7,13H2. The summed E-state index contributed by atoms with van der Waals surface area (Å²) in [4.78, 5) is 8.39. The predicted octanol–water partition coefficient (Wildman–Crippen LogP) is 2.30. The number of rotatable bonds is 2.